The fraction of sp³-hybridized carbons (Fsp3) is 0.594. The first kappa shape index (κ1) is 33.7. The molecule has 0 bridgehead atoms. The highest BCUT2D eigenvalue weighted by atomic mass is 16.5. The fourth-order valence-corrected chi connectivity index (χ4v) is 5.23. The third kappa shape index (κ3) is 9.00. The number of aliphatic hydroxyl groups excluding tert-OH is 1. The van der Waals surface area contributed by atoms with Crippen molar-refractivity contribution >= 4 is 29.1 Å². The fourth-order valence-electron chi connectivity index (χ4n) is 5.23. The summed E-state index contributed by atoms with van der Waals surface area (Å²) in [6.07, 6.45) is 12.8. The molecule has 0 aromatic heterocycles. The summed E-state index contributed by atoms with van der Waals surface area (Å²) in [5.41, 5.74) is 0.669. The summed E-state index contributed by atoms with van der Waals surface area (Å²) in [6.45, 7) is 4.18. The van der Waals surface area contributed by atoms with E-state index >= 15 is 0 Å². The summed E-state index contributed by atoms with van der Waals surface area (Å²) in [4.78, 5) is 61.4. The number of ketones is 4. The van der Waals surface area contributed by atoms with Crippen molar-refractivity contribution < 1.29 is 43.3 Å². The number of methoxy groups -OCH3 is 2. The molecule has 2 rings (SSSR count). The maximum atomic E-state index is 12.8. The van der Waals surface area contributed by atoms with Crippen LogP contribution in [-0.2, 0) is 38.2 Å². The Morgan fingerprint density at radius 2 is 0.927 bits per heavy atom. The van der Waals surface area contributed by atoms with Crippen LogP contribution >= 0.6 is 0 Å². The van der Waals surface area contributed by atoms with E-state index in [1.807, 2.05) is 0 Å². The van der Waals surface area contributed by atoms with Crippen LogP contribution in [0, 0.1) is 0 Å². The topological polar surface area (TPSA) is 133 Å². The van der Waals surface area contributed by atoms with E-state index in [9.17, 15) is 29.1 Å². The Balaban J connectivity index is 1.57. The zero-order chi connectivity index (χ0) is 30.5. The van der Waals surface area contributed by atoms with Crippen molar-refractivity contribution in [2.24, 2.45) is 0 Å². The molecule has 0 aromatic rings. The van der Waals surface area contributed by atoms with Crippen LogP contribution in [0.5, 0.6) is 0 Å². The van der Waals surface area contributed by atoms with Crippen molar-refractivity contribution in [2.45, 2.75) is 111 Å². The Labute approximate surface area is 242 Å². The van der Waals surface area contributed by atoms with E-state index in [1.54, 1.807) is 0 Å². The van der Waals surface area contributed by atoms with Crippen LogP contribution in [0.2, 0.25) is 0 Å². The molecule has 0 aromatic carbocycles. The Morgan fingerprint density at radius 3 is 1.34 bits per heavy atom. The number of rotatable bonds is 18. The second-order valence-electron chi connectivity index (χ2n) is 10.6. The normalized spacial score (nSPS) is 16.3. The smallest absolute Gasteiger partial charge is 0.308 e. The lowest BCUT2D eigenvalue weighted by molar-refractivity contribution is -0.140. The molecule has 0 saturated carbocycles. The molecule has 0 amide bonds. The predicted octanol–water partition coefficient (Wildman–Crippen LogP) is 6.22. The molecule has 41 heavy (non-hydrogen) atoms. The SMILES string of the molecule is COC1=C(C)C(=O)C(O)=C(CCCCCCCCCCCCCCC2=C(OC(C)=O)C(=O)C(C)=C(OC)C2=O)C1=O. The van der Waals surface area contributed by atoms with Crippen LogP contribution in [-0.4, -0.2) is 48.4 Å². The van der Waals surface area contributed by atoms with Gasteiger partial charge in [0.1, 0.15) is 0 Å². The zero-order valence-corrected chi connectivity index (χ0v) is 25.1. The van der Waals surface area contributed by atoms with Gasteiger partial charge < -0.3 is 19.3 Å². The van der Waals surface area contributed by atoms with Gasteiger partial charge in [-0.25, -0.2) is 0 Å². The van der Waals surface area contributed by atoms with Crippen LogP contribution in [0.4, 0.5) is 0 Å². The first-order chi connectivity index (χ1) is 19.6. The molecule has 226 valence electrons. The number of allylic oxidation sites excluding steroid dienone is 4. The second kappa shape index (κ2) is 16.7. The number of carbonyl (C=O) groups excluding carboxylic acids is 5. The number of carbonyl (C=O) groups is 5. The maximum Gasteiger partial charge on any atom is 0.308 e. The number of Topliss-reactive ketones (excluding diaryl/α,β-unsaturated/α-hetero) is 4. The Kier molecular flexibility index (Phi) is 13.7. The van der Waals surface area contributed by atoms with Gasteiger partial charge in [-0.15, -0.1) is 0 Å². The summed E-state index contributed by atoms with van der Waals surface area (Å²) in [6, 6.07) is 0. The third-order valence-electron chi connectivity index (χ3n) is 7.56. The average Bonchev–Trinajstić information content (AvgIpc) is 2.94. The molecular formula is C32H44O9. The molecule has 9 heteroatoms. The minimum Gasteiger partial charge on any atom is -0.504 e. The molecule has 0 radical (unpaired) electrons. The van der Waals surface area contributed by atoms with Crippen LogP contribution in [0.15, 0.2) is 45.3 Å². The van der Waals surface area contributed by atoms with Gasteiger partial charge >= 0.3 is 5.97 Å². The molecule has 0 spiro atoms. The quantitative estimate of drug-likeness (QED) is 0.115. The molecule has 0 heterocycles. The molecule has 0 aliphatic heterocycles. The molecule has 1 N–H and O–H groups in total. The number of hydrogen-bond acceptors (Lipinski definition) is 9. The molecule has 2 aliphatic rings. The molecule has 0 atom stereocenters. The highest BCUT2D eigenvalue weighted by Crippen LogP contribution is 2.30. The van der Waals surface area contributed by atoms with Gasteiger partial charge in [-0.3, -0.25) is 24.0 Å². The second-order valence-corrected chi connectivity index (χ2v) is 10.6. The monoisotopic (exact) mass is 572 g/mol. The van der Waals surface area contributed by atoms with E-state index in [2.05, 4.69) is 0 Å². The van der Waals surface area contributed by atoms with E-state index in [4.69, 9.17) is 14.2 Å². The van der Waals surface area contributed by atoms with Crippen LogP contribution in [0.1, 0.15) is 111 Å². The van der Waals surface area contributed by atoms with Gasteiger partial charge in [0.15, 0.2) is 23.0 Å². The van der Waals surface area contributed by atoms with Gasteiger partial charge in [-0.2, -0.15) is 0 Å². The largest absolute Gasteiger partial charge is 0.504 e. The summed E-state index contributed by atoms with van der Waals surface area (Å²) < 4.78 is 15.3. The van der Waals surface area contributed by atoms with Crippen molar-refractivity contribution in [2.75, 3.05) is 14.2 Å². The first-order valence-corrected chi connectivity index (χ1v) is 14.6. The van der Waals surface area contributed by atoms with Gasteiger partial charge in [-0.1, -0.05) is 64.2 Å². The van der Waals surface area contributed by atoms with Crippen molar-refractivity contribution in [1.82, 2.24) is 0 Å². The molecule has 0 fully saturated rings. The minimum atomic E-state index is -0.632. The van der Waals surface area contributed by atoms with E-state index < -0.39 is 29.1 Å². The molecule has 9 nitrogen and oxygen atoms in total. The predicted molar refractivity (Wildman–Crippen MR) is 153 cm³/mol. The van der Waals surface area contributed by atoms with Gasteiger partial charge in [0.2, 0.25) is 23.1 Å². The number of aliphatic hydroxyl groups is 1. The lowest BCUT2D eigenvalue weighted by atomic mass is 9.90. The standard InChI is InChI=1S/C32H44O9/c1-20-25(34)27(36)23(28(37)30(20)39-4)18-16-14-12-10-8-6-7-9-11-13-15-17-19-24-29(38)31(40-5)21(2)26(35)32(24)41-22(3)33/h36H,6-19H2,1-5H3. The molecule has 2 aliphatic carbocycles. The van der Waals surface area contributed by atoms with Gasteiger partial charge in [0.25, 0.3) is 0 Å². The van der Waals surface area contributed by atoms with Crippen LogP contribution < -0.4 is 0 Å². The Morgan fingerprint density at radius 1 is 0.561 bits per heavy atom. The number of hydrogen-bond donors (Lipinski definition) is 1. The highest BCUT2D eigenvalue weighted by molar-refractivity contribution is 6.24. The lowest BCUT2D eigenvalue weighted by Gasteiger charge is -2.20. The van der Waals surface area contributed by atoms with Crippen molar-refractivity contribution in [3.8, 4) is 0 Å². The number of esters is 1. The van der Waals surface area contributed by atoms with E-state index in [1.165, 1.54) is 35.0 Å². The van der Waals surface area contributed by atoms with Gasteiger partial charge in [-0.05, 0) is 39.5 Å². The van der Waals surface area contributed by atoms with E-state index in [0.29, 0.717) is 19.3 Å². The first-order valence-electron chi connectivity index (χ1n) is 14.6. The zero-order valence-electron chi connectivity index (χ0n) is 25.1. The number of ether oxygens (including phenoxy) is 3. The van der Waals surface area contributed by atoms with E-state index in [0.717, 1.165) is 70.6 Å². The molecular weight excluding hydrogens is 528 g/mol. The maximum absolute atomic E-state index is 12.8. The van der Waals surface area contributed by atoms with Gasteiger partial charge in [0.05, 0.1) is 19.8 Å². The van der Waals surface area contributed by atoms with Crippen LogP contribution in [0.3, 0.4) is 0 Å². The highest BCUT2D eigenvalue weighted by Gasteiger charge is 2.35. The molecule has 0 saturated heterocycles. The Hall–Kier alpha value is -3.49. The number of unbranched alkanes of at least 4 members (excludes halogenated alkanes) is 11. The van der Waals surface area contributed by atoms with Gasteiger partial charge in [0, 0.05) is 23.6 Å². The lowest BCUT2D eigenvalue weighted by Crippen LogP contribution is -2.26. The third-order valence-corrected chi connectivity index (χ3v) is 7.56. The summed E-state index contributed by atoms with van der Waals surface area (Å²) >= 11 is 0. The summed E-state index contributed by atoms with van der Waals surface area (Å²) in [5, 5.41) is 10.1. The summed E-state index contributed by atoms with van der Waals surface area (Å²) in [7, 11) is 2.71. The molecule has 0 unspecified atom stereocenters. The summed E-state index contributed by atoms with van der Waals surface area (Å²) in [5.74, 6) is -2.99. The Bertz CT molecular complexity index is 1160. The van der Waals surface area contributed by atoms with E-state index in [-0.39, 0.29) is 45.4 Å². The van der Waals surface area contributed by atoms with Crippen molar-refractivity contribution in [3.63, 3.8) is 0 Å². The average molecular weight is 573 g/mol. The minimum absolute atomic E-state index is 0.0153. The van der Waals surface area contributed by atoms with Crippen molar-refractivity contribution in [3.05, 3.63) is 45.3 Å². The van der Waals surface area contributed by atoms with Crippen LogP contribution in [0.25, 0.3) is 0 Å². The van der Waals surface area contributed by atoms with Crippen molar-refractivity contribution in [1.29, 1.82) is 0 Å².